The van der Waals surface area contributed by atoms with Gasteiger partial charge in [-0.05, 0) is 73.9 Å². The Labute approximate surface area is 211 Å². The average Bonchev–Trinajstić information content (AvgIpc) is 2.86. The summed E-state index contributed by atoms with van der Waals surface area (Å²) in [6.07, 6.45) is 1.39. The molecular weight excluding hydrogens is 488 g/mol. The molecule has 3 aromatic rings. The van der Waals surface area contributed by atoms with E-state index in [0.717, 1.165) is 15.4 Å². The molecular formula is C26H29ClN2O5S. The number of hydrogen-bond acceptors (Lipinski definition) is 5. The van der Waals surface area contributed by atoms with Gasteiger partial charge in [-0.15, -0.1) is 0 Å². The molecule has 0 aliphatic rings. The topological polar surface area (TPSA) is 84.9 Å². The van der Waals surface area contributed by atoms with E-state index in [1.54, 1.807) is 38.5 Å². The Balaban J connectivity index is 1.67. The first-order valence-electron chi connectivity index (χ1n) is 11.1. The van der Waals surface area contributed by atoms with E-state index < -0.39 is 15.9 Å². The van der Waals surface area contributed by atoms with Gasteiger partial charge in [0, 0.05) is 11.6 Å². The van der Waals surface area contributed by atoms with Crippen LogP contribution in [0.15, 0.2) is 71.6 Å². The molecule has 0 aliphatic heterocycles. The van der Waals surface area contributed by atoms with Crippen molar-refractivity contribution in [2.24, 2.45) is 0 Å². The molecule has 9 heteroatoms. The number of ether oxygens (including phenoxy) is 2. The van der Waals surface area contributed by atoms with E-state index in [2.05, 4.69) is 5.32 Å². The van der Waals surface area contributed by atoms with Crippen molar-refractivity contribution in [3.63, 3.8) is 0 Å². The lowest BCUT2D eigenvalue weighted by Gasteiger charge is -2.24. The van der Waals surface area contributed by atoms with Crippen molar-refractivity contribution in [3.8, 4) is 11.5 Å². The van der Waals surface area contributed by atoms with Gasteiger partial charge in [-0.3, -0.25) is 9.10 Å². The standard InChI is InChI=1S/C26H29ClN2O5S/c1-19-6-11-22(12-7-19)29(35(31,32)23-13-9-21(27)10-14-23)18-26(30)28-16-4-5-20-8-15-24(33-2)25(17-20)34-3/h6-15,17H,4-5,16,18H2,1-3H3,(H,28,30). The van der Waals surface area contributed by atoms with Crippen LogP contribution in [0.3, 0.4) is 0 Å². The normalized spacial score (nSPS) is 11.1. The van der Waals surface area contributed by atoms with Crippen LogP contribution in [0.2, 0.25) is 5.02 Å². The highest BCUT2D eigenvalue weighted by molar-refractivity contribution is 7.92. The Bertz CT molecular complexity index is 1250. The predicted molar refractivity (Wildman–Crippen MR) is 138 cm³/mol. The van der Waals surface area contributed by atoms with Gasteiger partial charge >= 0.3 is 0 Å². The number of benzene rings is 3. The fraction of sp³-hybridized carbons (Fsp3) is 0.269. The first kappa shape index (κ1) is 26.4. The molecule has 3 rings (SSSR count). The van der Waals surface area contributed by atoms with Crippen LogP contribution in [0, 0.1) is 6.92 Å². The summed E-state index contributed by atoms with van der Waals surface area (Å²) in [6, 6.07) is 18.6. The molecule has 0 fully saturated rings. The maximum absolute atomic E-state index is 13.4. The minimum absolute atomic E-state index is 0.0590. The number of anilines is 1. The largest absolute Gasteiger partial charge is 0.493 e. The molecule has 1 N–H and O–H groups in total. The summed E-state index contributed by atoms with van der Waals surface area (Å²) >= 11 is 5.92. The summed E-state index contributed by atoms with van der Waals surface area (Å²) in [4.78, 5) is 12.8. The summed E-state index contributed by atoms with van der Waals surface area (Å²) in [5.41, 5.74) is 2.44. The zero-order chi connectivity index (χ0) is 25.4. The molecule has 0 spiro atoms. The van der Waals surface area contributed by atoms with Crippen molar-refractivity contribution in [1.29, 1.82) is 0 Å². The summed E-state index contributed by atoms with van der Waals surface area (Å²) < 4.78 is 38.4. The summed E-state index contributed by atoms with van der Waals surface area (Å²) in [5.74, 6) is 0.910. The van der Waals surface area contributed by atoms with Gasteiger partial charge in [-0.25, -0.2) is 8.42 Å². The van der Waals surface area contributed by atoms with Crippen LogP contribution in [0.4, 0.5) is 5.69 Å². The number of methoxy groups -OCH3 is 2. The lowest BCUT2D eigenvalue weighted by molar-refractivity contribution is -0.119. The number of nitrogens with zero attached hydrogens (tertiary/aromatic N) is 1. The van der Waals surface area contributed by atoms with Gasteiger partial charge in [-0.1, -0.05) is 35.4 Å². The SMILES string of the molecule is COc1ccc(CCCNC(=O)CN(c2ccc(C)cc2)S(=O)(=O)c2ccc(Cl)cc2)cc1OC. The highest BCUT2D eigenvalue weighted by Gasteiger charge is 2.27. The highest BCUT2D eigenvalue weighted by Crippen LogP contribution is 2.28. The van der Waals surface area contributed by atoms with E-state index in [4.69, 9.17) is 21.1 Å². The van der Waals surface area contributed by atoms with Crippen LogP contribution >= 0.6 is 11.6 Å². The van der Waals surface area contributed by atoms with Gasteiger partial charge in [0.15, 0.2) is 11.5 Å². The molecule has 0 aliphatic carbocycles. The minimum atomic E-state index is -3.98. The molecule has 1 amide bonds. The van der Waals surface area contributed by atoms with E-state index in [9.17, 15) is 13.2 Å². The van der Waals surface area contributed by atoms with E-state index in [0.29, 0.717) is 41.6 Å². The van der Waals surface area contributed by atoms with Crippen molar-refractivity contribution in [2.75, 3.05) is 31.6 Å². The fourth-order valence-electron chi connectivity index (χ4n) is 3.50. The second kappa shape index (κ2) is 12.0. The van der Waals surface area contributed by atoms with Gasteiger partial charge in [-0.2, -0.15) is 0 Å². The van der Waals surface area contributed by atoms with Crippen LogP contribution in [-0.2, 0) is 21.2 Å². The van der Waals surface area contributed by atoms with Crippen LogP contribution in [0.25, 0.3) is 0 Å². The van der Waals surface area contributed by atoms with Crippen molar-refractivity contribution in [1.82, 2.24) is 5.32 Å². The second-order valence-corrected chi connectivity index (χ2v) is 10.2. The third-order valence-electron chi connectivity index (χ3n) is 5.42. The molecule has 0 unspecified atom stereocenters. The highest BCUT2D eigenvalue weighted by atomic mass is 35.5. The molecule has 186 valence electrons. The van der Waals surface area contributed by atoms with Crippen LogP contribution in [0.1, 0.15) is 17.5 Å². The average molecular weight is 517 g/mol. The van der Waals surface area contributed by atoms with Crippen LogP contribution in [-0.4, -0.2) is 41.6 Å². The fourth-order valence-corrected chi connectivity index (χ4v) is 5.05. The molecule has 3 aromatic carbocycles. The Morgan fingerprint density at radius 2 is 1.60 bits per heavy atom. The molecule has 0 heterocycles. The Hall–Kier alpha value is -3.23. The Morgan fingerprint density at radius 1 is 0.943 bits per heavy atom. The number of nitrogens with one attached hydrogen (secondary N) is 1. The van der Waals surface area contributed by atoms with Gasteiger partial charge in [0.25, 0.3) is 10.0 Å². The first-order valence-corrected chi connectivity index (χ1v) is 12.9. The smallest absolute Gasteiger partial charge is 0.264 e. The molecule has 0 atom stereocenters. The molecule has 0 bridgehead atoms. The zero-order valence-corrected chi connectivity index (χ0v) is 21.5. The zero-order valence-electron chi connectivity index (χ0n) is 20.0. The lowest BCUT2D eigenvalue weighted by atomic mass is 10.1. The Kier molecular flexibility index (Phi) is 9.01. The van der Waals surface area contributed by atoms with E-state index >= 15 is 0 Å². The van der Waals surface area contributed by atoms with E-state index in [-0.39, 0.29) is 11.4 Å². The van der Waals surface area contributed by atoms with Gasteiger partial charge in [0.05, 0.1) is 24.8 Å². The van der Waals surface area contributed by atoms with Crippen molar-refractivity contribution in [3.05, 3.63) is 82.9 Å². The summed E-state index contributed by atoms with van der Waals surface area (Å²) in [7, 11) is -0.812. The number of carbonyl (C=O) groups is 1. The molecule has 0 aromatic heterocycles. The Morgan fingerprint density at radius 3 is 2.23 bits per heavy atom. The number of hydrogen-bond donors (Lipinski definition) is 1. The monoisotopic (exact) mass is 516 g/mol. The second-order valence-electron chi connectivity index (χ2n) is 7.94. The summed E-state index contributed by atoms with van der Waals surface area (Å²) in [6.45, 7) is 1.97. The van der Waals surface area contributed by atoms with Gasteiger partial charge in [0.2, 0.25) is 5.91 Å². The maximum atomic E-state index is 13.4. The number of carbonyl (C=O) groups excluding carboxylic acids is 1. The van der Waals surface area contributed by atoms with Crippen LogP contribution in [0.5, 0.6) is 11.5 Å². The first-order chi connectivity index (χ1) is 16.7. The quantitative estimate of drug-likeness (QED) is 0.376. The maximum Gasteiger partial charge on any atom is 0.264 e. The predicted octanol–water partition coefficient (Wildman–Crippen LogP) is 4.61. The number of aryl methyl sites for hydroxylation is 2. The number of rotatable bonds is 11. The molecule has 0 saturated carbocycles. The number of amides is 1. The lowest BCUT2D eigenvalue weighted by Crippen LogP contribution is -2.41. The minimum Gasteiger partial charge on any atom is -0.493 e. The molecule has 7 nitrogen and oxygen atoms in total. The third kappa shape index (κ3) is 6.90. The van der Waals surface area contributed by atoms with Gasteiger partial charge < -0.3 is 14.8 Å². The number of halogens is 1. The van der Waals surface area contributed by atoms with Gasteiger partial charge in [0.1, 0.15) is 6.54 Å². The van der Waals surface area contributed by atoms with Crippen molar-refractivity contribution < 1.29 is 22.7 Å². The van der Waals surface area contributed by atoms with Crippen molar-refractivity contribution in [2.45, 2.75) is 24.7 Å². The van der Waals surface area contributed by atoms with Crippen LogP contribution < -0.4 is 19.1 Å². The number of sulfonamides is 1. The van der Waals surface area contributed by atoms with Crippen molar-refractivity contribution >= 4 is 33.2 Å². The third-order valence-corrected chi connectivity index (χ3v) is 7.46. The molecule has 35 heavy (non-hydrogen) atoms. The van der Waals surface area contributed by atoms with E-state index in [1.165, 1.54) is 24.3 Å². The molecule has 0 radical (unpaired) electrons. The molecule has 0 saturated heterocycles. The summed E-state index contributed by atoms with van der Waals surface area (Å²) in [5, 5.41) is 3.26. The van der Waals surface area contributed by atoms with E-state index in [1.807, 2.05) is 25.1 Å².